The number of benzene rings is 1. The Bertz CT molecular complexity index is 1850. The van der Waals surface area contributed by atoms with Gasteiger partial charge in [0.1, 0.15) is 23.5 Å². The molecule has 3 heterocycles. The summed E-state index contributed by atoms with van der Waals surface area (Å²) in [6.45, 7) is -0.482. The molecule has 1 aromatic carbocycles. The maximum absolute atomic E-state index is 14.4. The van der Waals surface area contributed by atoms with Crippen molar-refractivity contribution in [2.45, 2.75) is 113 Å². The zero-order chi connectivity index (χ0) is 38.3. The number of carbonyl (C=O) groups excluding carboxylic acids is 5. The van der Waals surface area contributed by atoms with Crippen LogP contribution in [0.1, 0.15) is 75.3 Å². The van der Waals surface area contributed by atoms with E-state index in [4.69, 9.17) is 4.74 Å². The van der Waals surface area contributed by atoms with Crippen LogP contribution in [0.15, 0.2) is 36.1 Å². The Balaban J connectivity index is 1.27. The van der Waals surface area contributed by atoms with Gasteiger partial charge in [-0.1, -0.05) is 25.0 Å². The molecule has 0 spiro atoms. The summed E-state index contributed by atoms with van der Waals surface area (Å²) in [4.78, 5) is 69.9. The summed E-state index contributed by atoms with van der Waals surface area (Å²) in [6, 6.07) is 2.94. The molecule has 18 heteroatoms. The Hall–Kier alpha value is -4.28. The predicted molar refractivity (Wildman–Crippen MR) is 176 cm³/mol. The zero-order valence-corrected chi connectivity index (χ0v) is 29.4. The second-order valence-corrected chi connectivity index (χ2v) is 16.4. The number of Topliss-reactive ketones (excluding diaryl/α,β-unsaturated/α-hetero) is 1. The molecule has 3 fully saturated rings. The van der Waals surface area contributed by atoms with Crippen LogP contribution < -0.4 is 10.0 Å². The van der Waals surface area contributed by atoms with Crippen molar-refractivity contribution >= 4 is 39.6 Å². The van der Waals surface area contributed by atoms with E-state index >= 15 is 0 Å². The van der Waals surface area contributed by atoms with Gasteiger partial charge in [-0.05, 0) is 62.3 Å². The van der Waals surface area contributed by atoms with Crippen molar-refractivity contribution in [1.29, 1.82) is 0 Å². The van der Waals surface area contributed by atoms with Crippen LogP contribution in [0.5, 0.6) is 0 Å². The van der Waals surface area contributed by atoms with Gasteiger partial charge in [-0.25, -0.2) is 17.6 Å². The van der Waals surface area contributed by atoms with E-state index in [1.54, 1.807) is 18.2 Å². The van der Waals surface area contributed by atoms with Crippen LogP contribution >= 0.6 is 0 Å². The van der Waals surface area contributed by atoms with E-state index in [2.05, 4.69) is 15.8 Å². The van der Waals surface area contributed by atoms with Gasteiger partial charge < -0.3 is 20.1 Å². The lowest BCUT2D eigenvalue weighted by Crippen LogP contribution is -2.57. The molecule has 0 aromatic heterocycles. The first kappa shape index (κ1) is 38.4. The number of ether oxygens (including phenoxy) is 1. The lowest BCUT2D eigenvalue weighted by molar-refractivity contribution is -0.204. The Labute approximate surface area is 302 Å². The molecule has 6 atom stereocenters. The number of carbonyl (C=O) groups is 5. The molecule has 3 N–H and O–H groups in total. The number of hydrogen-bond donors (Lipinski definition) is 3. The van der Waals surface area contributed by atoms with Crippen molar-refractivity contribution in [2.75, 3.05) is 6.54 Å². The van der Waals surface area contributed by atoms with Gasteiger partial charge in [0.25, 0.3) is 5.91 Å². The first-order valence-electron chi connectivity index (χ1n) is 17.6. The summed E-state index contributed by atoms with van der Waals surface area (Å²) in [6.07, 6.45) is -6.07. The fourth-order valence-electron chi connectivity index (χ4n) is 7.20. The number of nitrogens with zero attached hydrogens (tertiary/aromatic N) is 2. The van der Waals surface area contributed by atoms with Crippen LogP contribution in [0.25, 0.3) is 0 Å². The van der Waals surface area contributed by atoms with Gasteiger partial charge in [0, 0.05) is 36.8 Å². The molecule has 3 aliphatic heterocycles. The number of ketones is 1. The van der Waals surface area contributed by atoms with Crippen LogP contribution in [-0.4, -0.2) is 94.7 Å². The summed E-state index contributed by atoms with van der Waals surface area (Å²) in [7, 11) is -4.03. The van der Waals surface area contributed by atoms with Crippen LogP contribution in [-0.2, 0) is 47.0 Å². The van der Waals surface area contributed by atoms with Crippen molar-refractivity contribution in [3.05, 3.63) is 53.0 Å². The highest BCUT2D eigenvalue weighted by molar-refractivity contribution is 7.91. The minimum Gasteiger partial charge on any atom is -0.444 e. The van der Waals surface area contributed by atoms with E-state index in [0.717, 1.165) is 4.90 Å². The van der Waals surface area contributed by atoms with E-state index < -0.39 is 105 Å². The molecule has 2 saturated carbocycles. The summed E-state index contributed by atoms with van der Waals surface area (Å²) in [5, 5.41) is 11.5. The SMILES string of the molecule is O=C(C[C@H]1CCCCCC=C=C[C@@H]2C[C@@]2(C(=O)NS(=O)(=O)C2CC2)NC(=O)[C@@H]2C[C@@H](OC(=O)N3Cc4cccc(F)c4C3)CN2C1=O)C(O)C(F)(F)F. The van der Waals surface area contributed by atoms with Crippen molar-refractivity contribution in [3.63, 3.8) is 0 Å². The van der Waals surface area contributed by atoms with E-state index in [-0.39, 0.29) is 32.4 Å². The van der Waals surface area contributed by atoms with Gasteiger partial charge >= 0.3 is 12.3 Å². The topological polar surface area (TPSA) is 179 Å². The molecule has 6 rings (SSSR count). The van der Waals surface area contributed by atoms with Crippen LogP contribution in [0.3, 0.4) is 0 Å². The third-order valence-electron chi connectivity index (χ3n) is 10.5. The first-order chi connectivity index (χ1) is 25.0. The monoisotopic (exact) mass is 768 g/mol. The van der Waals surface area contributed by atoms with Gasteiger partial charge in [-0.15, -0.1) is 5.73 Å². The van der Waals surface area contributed by atoms with Gasteiger partial charge in [0.05, 0.1) is 18.3 Å². The minimum atomic E-state index is -5.27. The van der Waals surface area contributed by atoms with Crippen LogP contribution in [0, 0.1) is 17.7 Å². The molecular formula is C35H40F4N4O9S. The predicted octanol–water partition coefficient (Wildman–Crippen LogP) is 2.90. The number of fused-ring (bicyclic) bond motifs is 3. The number of rotatable bonds is 7. The van der Waals surface area contributed by atoms with Crippen molar-refractivity contribution in [2.24, 2.45) is 11.8 Å². The fraction of sp³-hybridized carbons (Fsp3) is 0.600. The molecule has 1 unspecified atom stereocenters. The highest BCUT2D eigenvalue weighted by atomic mass is 32.2. The highest BCUT2D eigenvalue weighted by Gasteiger charge is 2.62. The van der Waals surface area contributed by atoms with Crippen molar-refractivity contribution in [1.82, 2.24) is 19.8 Å². The number of halogens is 4. The minimum absolute atomic E-state index is 0.00319. The number of alkyl halides is 3. The van der Waals surface area contributed by atoms with Crippen LogP contribution in [0.4, 0.5) is 22.4 Å². The molecule has 4 amide bonds. The smallest absolute Gasteiger partial charge is 0.421 e. The molecule has 0 bridgehead atoms. The van der Waals surface area contributed by atoms with Gasteiger partial charge in [-0.3, -0.25) is 28.8 Å². The number of hydrogen-bond acceptors (Lipinski definition) is 9. The molecule has 0 radical (unpaired) electrons. The van der Waals surface area contributed by atoms with Gasteiger partial charge in [-0.2, -0.15) is 13.2 Å². The molecule has 1 aromatic rings. The second-order valence-electron chi connectivity index (χ2n) is 14.4. The second kappa shape index (κ2) is 14.9. The van der Waals surface area contributed by atoms with Crippen molar-refractivity contribution < 1.29 is 59.8 Å². The fourth-order valence-corrected chi connectivity index (χ4v) is 8.57. The highest BCUT2D eigenvalue weighted by Crippen LogP contribution is 2.46. The molecule has 1 saturated heterocycles. The summed E-state index contributed by atoms with van der Waals surface area (Å²) < 4.78 is 87.3. The normalized spacial score (nSPS) is 28.4. The molecule has 2 aliphatic carbocycles. The largest absolute Gasteiger partial charge is 0.444 e. The third-order valence-corrected chi connectivity index (χ3v) is 12.3. The van der Waals surface area contributed by atoms with Crippen molar-refractivity contribution in [3.8, 4) is 0 Å². The average molecular weight is 769 g/mol. The lowest BCUT2D eigenvalue weighted by atomic mass is 9.91. The van der Waals surface area contributed by atoms with E-state index in [1.807, 2.05) is 0 Å². The number of nitrogens with one attached hydrogen (secondary N) is 2. The average Bonchev–Trinajstić information content (AvgIpc) is 3.98. The Morgan fingerprint density at radius 2 is 1.87 bits per heavy atom. The van der Waals surface area contributed by atoms with Gasteiger partial charge in [0.2, 0.25) is 27.9 Å². The quantitative estimate of drug-likeness (QED) is 0.278. The Morgan fingerprint density at radius 3 is 2.57 bits per heavy atom. The zero-order valence-electron chi connectivity index (χ0n) is 28.6. The summed E-state index contributed by atoms with van der Waals surface area (Å²) >= 11 is 0. The van der Waals surface area contributed by atoms with E-state index in [0.29, 0.717) is 49.7 Å². The summed E-state index contributed by atoms with van der Waals surface area (Å²) in [5.41, 5.74) is 2.10. The lowest BCUT2D eigenvalue weighted by Gasteiger charge is -2.30. The molecule has 53 heavy (non-hydrogen) atoms. The van der Waals surface area contributed by atoms with Crippen LogP contribution in [0.2, 0.25) is 0 Å². The number of amides is 4. The molecule has 5 aliphatic rings. The van der Waals surface area contributed by atoms with Gasteiger partial charge in [0.15, 0.2) is 5.78 Å². The molecule has 288 valence electrons. The number of aliphatic hydroxyl groups excluding tert-OH is 1. The number of aliphatic hydroxyl groups is 1. The maximum atomic E-state index is 14.4. The maximum Gasteiger partial charge on any atom is 0.421 e. The van der Waals surface area contributed by atoms with E-state index in [1.165, 1.54) is 17.0 Å². The Morgan fingerprint density at radius 1 is 1.11 bits per heavy atom. The third kappa shape index (κ3) is 8.44. The Kier molecular flexibility index (Phi) is 10.8. The summed E-state index contributed by atoms with van der Waals surface area (Å²) in [5.74, 6) is -6.99. The van der Waals surface area contributed by atoms with E-state index in [9.17, 15) is 55.1 Å². The first-order valence-corrected chi connectivity index (χ1v) is 19.1. The number of sulfonamides is 1. The molecular weight excluding hydrogens is 728 g/mol. The molecule has 13 nitrogen and oxygen atoms in total. The standard InChI is InChI=1S/C35H40F4N4O9S/c36-26-11-7-9-21-17-42(19-25(21)26)33(49)52-23-15-27-30(46)40-34(32(48)41-53(50,51)24-12-13-24)16-22(34)10-6-4-2-1-3-5-8-20(31(47)43(27)18-23)14-28(44)29(45)35(37,38)39/h4,7,9-11,20,22-24,27,29,45H,1-3,5,8,12-19H2,(H,40,46)(H,41,48)/t6?,20-,22-,23-,27+,29?,34-/m1/s1.